The summed E-state index contributed by atoms with van der Waals surface area (Å²) in [5, 5.41) is 1.58. The molecule has 0 nitrogen and oxygen atoms in total. The molecule has 0 fully saturated rings. The second kappa shape index (κ2) is 3.96. The van der Waals surface area contributed by atoms with Gasteiger partial charge in [-0.25, -0.2) is 0 Å². The summed E-state index contributed by atoms with van der Waals surface area (Å²) < 4.78 is 0. The second-order valence-corrected chi connectivity index (χ2v) is 0.933. The molecule has 0 heterocycles. The lowest BCUT2D eigenvalue weighted by Crippen LogP contribution is -1.42. The summed E-state index contributed by atoms with van der Waals surface area (Å²) >= 11 is 4.43. The van der Waals surface area contributed by atoms with Crippen molar-refractivity contribution in [2.75, 3.05) is 0 Å². The third-order valence-electron chi connectivity index (χ3n) is 0.263. The Kier molecular flexibility index (Phi) is 3.93. The molecule has 1 heteroatoms. The molecule has 0 aliphatic carbocycles. The second-order valence-electron chi connectivity index (χ2n) is 0.660. The van der Waals surface area contributed by atoms with E-state index in [-0.39, 0.29) is 0 Å². The molecule has 0 unspecified atom stereocenters. The number of hydrogen-bond donors (Lipinski definition) is 0. The van der Waals surface area contributed by atoms with Crippen LogP contribution in [0.2, 0.25) is 0 Å². The van der Waals surface area contributed by atoms with Gasteiger partial charge in [-0.1, -0.05) is 18.7 Å². The summed E-state index contributed by atoms with van der Waals surface area (Å²) in [5.41, 5.74) is 0. The fraction of sp³-hybridized carbons (Fsp3) is 0.250. The van der Waals surface area contributed by atoms with Crippen LogP contribution < -0.4 is 0 Å². The average Bonchev–Trinajstić information content (AvgIpc) is 1.41. The maximum Gasteiger partial charge on any atom is -0.00265 e. The third kappa shape index (κ3) is 3.96. The van der Waals surface area contributed by atoms with Gasteiger partial charge in [-0.05, 0) is 18.8 Å². The number of hydrogen-bond acceptors (Lipinski definition) is 0. The van der Waals surface area contributed by atoms with Gasteiger partial charge in [-0.2, -0.15) is 0 Å². The molecular formula is C4H6S. The lowest BCUT2D eigenvalue weighted by Gasteiger charge is -1.63. The van der Waals surface area contributed by atoms with Gasteiger partial charge in [-0.15, -0.1) is 0 Å². The highest BCUT2D eigenvalue weighted by atomic mass is 32.1. The van der Waals surface area contributed by atoms with Crippen molar-refractivity contribution in [3.8, 4) is 0 Å². The Morgan fingerprint density at radius 2 is 2.40 bits per heavy atom. The first kappa shape index (κ1) is 4.96. The SMILES string of the molecule is [CH2]CC=C[S]. The monoisotopic (exact) mass is 86.0 g/mol. The van der Waals surface area contributed by atoms with Crippen LogP contribution in [0.4, 0.5) is 0 Å². The van der Waals surface area contributed by atoms with E-state index >= 15 is 0 Å². The van der Waals surface area contributed by atoms with Gasteiger partial charge < -0.3 is 0 Å². The van der Waals surface area contributed by atoms with Crippen molar-refractivity contribution in [3.05, 3.63) is 18.4 Å². The smallest absolute Gasteiger partial charge is 0.00265 e. The number of allylic oxidation sites excluding steroid dienone is 1. The van der Waals surface area contributed by atoms with Crippen LogP contribution in [0.15, 0.2) is 11.5 Å². The van der Waals surface area contributed by atoms with Crippen molar-refractivity contribution in [2.24, 2.45) is 0 Å². The molecule has 0 atom stereocenters. The maximum atomic E-state index is 4.43. The van der Waals surface area contributed by atoms with Gasteiger partial charge in [0, 0.05) is 0 Å². The van der Waals surface area contributed by atoms with Gasteiger partial charge in [0.25, 0.3) is 0 Å². The predicted octanol–water partition coefficient (Wildman–Crippen LogP) is 1.92. The standard InChI is InChI=1S/C4H6S/c1-2-3-4-5/h3-4H,1-2H2. The molecule has 0 N–H and O–H groups in total. The van der Waals surface area contributed by atoms with E-state index in [4.69, 9.17) is 0 Å². The lowest BCUT2D eigenvalue weighted by atomic mass is 10.5. The Bertz CT molecular complexity index is 30.6. The summed E-state index contributed by atoms with van der Waals surface area (Å²) in [6.07, 6.45) is 2.64. The molecule has 0 amide bonds. The van der Waals surface area contributed by atoms with Gasteiger partial charge in [-0.3, -0.25) is 0 Å². The van der Waals surface area contributed by atoms with Gasteiger partial charge in [0.05, 0.1) is 0 Å². The van der Waals surface area contributed by atoms with Gasteiger partial charge in [0.1, 0.15) is 0 Å². The highest BCUT2D eigenvalue weighted by molar-refractivity contribution is 7.83. The lowest BCUT2D eigenvalue weighted by molar-refractivity contribution is 1.41. The van der Waals surface area contributed by atoms with Gasteiger partial charge in [0.2, 0.25) is 0 Å². The molecule has 2 radical (unpaired) electrons. The first-order valence-electron chi connectivity index (χ1n) is 1.48. The summed E-state index contributed by atoms with van der Waals surface area (Å²) in [7, 11) is 0. The van der Waals surface area contributed by atoms with Crippen LogP contribution in [0, 0.1) is 6.92 Å². The van der Waals surface area contributed by atoms with Crippen LogP contribution in [0.25, 0.3) is 0 Å². The third-order valence-corrected chi connectivity index (χ3v) is 0.455. The highest BCUT2D eigenvalue weighted by Crippen LogP contribution is 1.78. The molecule has 0 aromatic heterocycles. The first-order chi connectivity index (χ1) is 2.41. The van der Waals surface area contributed by atoms with Crippen LogP contribution in [-0.2, 0) is 0 Å². The van der Waals surface area contributed by atoms with E-state index in [1.807, 2.05) is 6.08 Å². The molecule has 0 aliphatic heterocycles. The molecule has 0 bridgehead atoms. The average molecular weight is 86.2 g/mol. The van der Waals surface area contributed by atoms with Crippen molar-refractivity contribution in [1.29, 1.82) is 0 Å². The highest BCUT2D eigenvalue weighted by Gasteiger charge is 1.54. The fourth-order valence-corrected chi connectivity index (χ4v) is 0.204. The molecule has 0 aromatic carbocycles. The van der Waals surface area contributed by atoms with Crippen LogP contribution in [0.3, 0.4) is 0 Å². The molecule has 0 rings (SSSR count). The van der Waals surface area contributed by atoms with Crippen molar-refractivity contribution in [2.45, 2.75) is 6.42 Å². The van der Waals surface area contributed by atoms with E-state index < -0.39 is 0 Å². The zero-order valence-corrected chi connectivity index (χ0v) is 3.79. The van der Waals surface area contributed by atoms with Crippen LogP contribution in [0.5, 0.6) is 0 Å². The Morgan fingerprint density at radius 3 is 2.40 bits per heavy atom. The first-order valence-corrected chi connectivity index (χ1v) is 1.95. The Balaban J connectivity index is 2.62. The van der Waals surface area contributed by atoms with E-state index in [0.717, 1.165) is 6.42 Å². The summed E-state index contributed by atoms with van der Waals surface area (Å²) in [5.74, 6) is 0. The van der Waals surface area contributed by atoms with E-state index in [2.05, 4.69) is 19.6 Å². The zero-order valence-electron chi connectivity index (χ0n) is 2.98. The summed E-state index contributed by atoms with van der Waals surface area (Å²) in [4.78, 5) is 0. The van der Waals surface area contributed by atoms with E-state index in [9.17, 15) is 0 Å². The topological polar surface area (TPSA) is 0 Å². The van der Waals surface area contributed by atoms with Gasteiger partial charge >= 0.3 is 0 Å². The molecule has 0 saturated heterocycles. The molecular weight excluding hydrogens is 80.1 g/mol. The van der Waals surface area contributed by atoms with E-state index in [1.165, 1.54) is 0 Å². The van der Waals surface area contributed by atoms with Crippen LogP contribution >= 0.6 is 12.6 Å². The minimum absolute atomic E-state index is 0.809. The Labute approximate surface area is 38.3 Å². The molecule has 0 aliphatic rings. The Morgan fingerprint density at radius 1 is 1.80 bits per heavy atom. The molecule has 0 aromatic rings. The molecule has 0 saturated carbocycles. The zero-order chi connectivity index (χ0) is 4.12. The predicted molar refractivity (Wildman–Crippen MR) is 26.7 cm³/mol. The van der Waals surface area contributed by atoms with E-state index in [0.29, 0.717) is 0 Å². The van der Waals surface area contributed by atoms with Crippen LogP contribution in [0.1, 0.15) is 6.42 Å². The van der Waals surface area contributed by atoms with Gasteiger partial charge in [0.15, 0.2) is 0 Å². The van der Waals surface area contributed by atoms with Crippen molar-refractivity contribution in [3.63, 3.8) is 0 Å². The minimum atomic E-state index is 0.809. The largest absolute Gasteiger partial charge is 0.0891 e. The van der Waals surface area contributed by atoms with Crippen molar-refractivity contribution < 1.29 is 0 Å². The maximum absolute atomic E-state index is 4.43. The van der Waals surface area contributed by atoms with Crippen LogP contribution in [-0.4, -0.2) is 0 Å². The summed E-state index contributed by atoms with van der Waals surface area (Å²) in [6, 6.07) is 0. The molecule has 0 spiro atoms. The van der Waals surface area contributed by atoms with Crippen molar-refractivity contribution in [1.82, 2.24) is 0 Å². The normalized spacial score (nSPS) is 9.80. The summed E-state index contributed by atoms with van der Waals surface area (Å²) in [6.45, 7) is 3.52. The minimum Gasteiger partial charge on any atom is -0.0891 e. The Hall–Kier alpha value is -0.0400. The number of rotatable bonds is 1. The molecule has 28 valence electrons. The molecule has 5 heavy (non-hydrogen) atoms. The van der Waals surface area contributed by atoms with E-state index in [1.54, 1.807) is 5.41 Å². The quantitative estimate of drug-likeness (QED) is 0.457. The fourth-order valence-electron chi connectivity index (χ4n) is 0.0680. The van der Waals surface area contributed by atoms with Crippen molar-refractivity contribution >= 4 is 12.6 Å².